The van der Waals surface area contributed by atoms with E-state index in [2.05, 4.69) is 225 Å². The van der Waals surface area contributed by atoms with Gasteiger partial charge in [-0.25, -0.2) is 4.98 Å². The monoisotopic (exact) mass is 887 g/mol. The summed E-state index contributed by atoms with van der Waals surface area (Å²) in [7, 11) is 0. The molecule has 0 amide bonds. The largest absolute Gasteiger partial charge is 0.507 e. The molecular formula is C64H61N3O. The standard InChI is InChI=1S/C64H61N3O/c1-62(2,3)48-20-17-19-41(34-48)43-31-46(56-37-42(29-30-65-56)52-25-18-26-54-53-23-13-15-27-59(53)67(61(52)54)51-21-11-10-12-22-51)33-47(32-43)57-38-45(39-58(66-57)55-24-14-16-28-60(55)68)44-35-49(63(4,5)6)40-50(36-44)64(7,8)9/h10-40,53,59,68H,1-9H3. The van der Waals surface area contributed by atoms with Gasteiger partial charge in [-0.15, -0.1) is 0 Å². The molecule has 1 aliphatic heterocycles. The second-order valence-electron chi connectivity index (χ2n) is 21.7. The summed E-state index contributed by atoms with van der Waals surface area (Å²) in [6, 6.07) is 56.7. The lowest BCUT2D eigenvalue weighted by Gasteiger charge is -2.29. The average Bonchev–Trinajstić information content (AvgIpc) is 3.68. The normalized spacial score (nSPS) is 15.6. The van der Waals surface area contributed by atoms with Crippen LogP contribution in [0.1, 0.15) is 90.5 Å². The Morgan fingerprint density at radius 3 is 1.74 bits per heavy atom. The van der Waals surface area contributed by atoms with Gasteiger partial charge >= 0.3 is 0 Å². The lowest BCUT2D eigenvalue weighted by atomic mass is 9.79. The molecule has 4 heteroatoms. The molecule has 338 valence electrons. The van der Waals surface area contributed by atoms with E-state index in [-0.39, 0.29) is 34.0 Å². The van der Waals surface area contributed by atoms with Crippen molar-refractivity contribution >= 4 is 11.4 Å². The molecule has 0 saturated heterocycles. The minimum Gasteiger partial charge on any atom is -0.507 e. The van der Waals surface area contributed by atoms with E-state index in [1.807, 2.05) is 24.4 Å². The number of aromatic nitrogens is 2. The minimum atomic E-state index is -0.0648. The molecule has 2 aromatic heterocycles. The molecule has 10 rings (SSSR count). The molecule has 3 heterocycles. The van der Waals surface area contributed by atoms with Gasteiger partial charge in [0, 0.05) is 40.1 Å². The number of phenols is 1. The number of aromatic hydroxyl groups is 1. The lowest BCUT2D eigenvalue weighted by molar-refractivity contribution is 0.477. The maximum Gasteiger partial charge on any atom is 0.124 e. The van der Waals surface area contributed by atoms with Crippen molar-refractivity contribution in [2.24, 2.45) is 0 Å². The highest BCUT2D eigenvalue weighted by Gasteiger charge is 2.39. The molecule has 1 N–H and O–H groups in total. The van der Waals surface area contributed by atoms with Crippen LogP contribution in [0, 0.1) is 0 Å². The maximum absolute atomic E-state index is 11.3. The summed E-state index contributed by atoms with van der Waals surface area (Å²) in [5.41, 5.74) is 19.1. The van der Waals surface area contributed by atoms with Crippen molar-refractivity contribution in [2.75, 3.05) is 4.90 Å². The summed E-state index contributed by atoms with van der Waals surface area (Å²) >= 11 is 0. The van der Waals surface area contributed by atoms with Gasteiger partial charge in [-0.1, -0.05) is 178 Å². The van der Waals surface area contributed by atoms with E-state index < -0.39 is 0 Å². The second-order valence-corrected chi connectivity index (χ2v) is 21.7. The highest BCUT2D eigenvalue weighted by molar-refractivity contribution is 5.91. The molecule has 4 nitrogen and oxygen atoms in total. The summed E-state index contributed by atoms with van der Waals surface area (Å²) in [4.78, 5) is 13.0. The molecule has 2 unspecified atom stereocenters. The first-order valence-corrected chi connectivity index (χ1v) is 24.0. The molecule has 0 bridgehead atoms. The first-order chi connectivity index (χ1) is 32.5. The topological polar surface area (TPSA) is 49.2 Å². The lowest BCUT2D eigenvalue weighted by Crippen LogP contribution is -2.28. The van der Waals surface area contributed by atoms with Crippen LogP contribution in [0.25, 0.3) is 67.2 Å². The van der Waals surface area contributed by atoms with Gasteiger partial charge in [-0.2, -0.15) is 0 Å². The van der Waals surface area contributed by atoms with Gasteiger partial charge in [0.05, 0.1) is 28.8 Å². The number of hydrogen-bond donors (Lipinski definition) is 1. The molecule has 8 aromatic rings. The average molecular weight is 888 g/mol. The fourth-order valence-electron chi connectivity index (χ4n) is 9.85. The number of rotatable bonds is 7. The molecule has 0 spiro atoms. The molecule has 2 atom stereocenters. The molecule has 68 heavy (non-hydrogen) atoms. The van der Waals surface area contributed by atoms with E-state index >= 15 is 0 Å². The molecule has 2 aliphatic rings. The van der Waals surface area contributed by atoms with E-state index in [0.717, 1.165) is 50.3 Å². The van der Waals surface area contributed by atoms with Crippen LogP contribution >= 0.6 is 0 Å². The summed E-state index contributed by atoms with van der Waals surface area (Å²) in [5, 5.41) is 11.3. The van der Waals surface area contributed by atoms with E-state index in [9.17, 15) is 5.11 Å². The number of allylic oxidation sites excluding steroid dienone is 2. The number of para-hydroxylation sites is 3. The number of phenolic OH excluding ortho intramolecular Hbond substituents is 1. The van der Waals surface area contributed by atoms with Crippen molar-refractivity contribution in [1.82, 2.24) is 9.97 Å². The van der Waals surface area contributed by atoms with Gasteiger partial charge in [-0.3, -0.25) is 4.98 Å². The first-order valence-electron chi connectivity index (χ1n) is 24.0. The van der Waals surface area contributed by atoms with Gasteiger partial charge in [0.25, 0.3) is 0 Å². The van der Waals surface area contributed by atoms with Gasteiger partial charge in [-0.05, 0) is 133 Å². The number of pyridine rings is 2. The van der Waals surface area contributed by atoms with Crippen LogP contribution in [0.5, 0.6) is 5.75 Å². The smallest absolute Gasteiger partial charge is 0.124 e. The Labute approximate surface area is 403 Å². The molecule has 0 saturated carbocycles. The van der Waals surface area contributed by atoms with Crippen LogP contribution in [-0.2, 0) is 16.2 Å². The Hall–Kier alpha value is -7.30. The maximum atomic E-state index is 11.3. The van der Waals surface area contributed by atoms with Gasteiger partial charge < -0.3 is 10.0 Å². The zero-order chi connectivity index (χ0) is 47.5. The second kappa shape index (κ2) is 17.1. The van der Waals surface area contributed by atoms with E-state index in [1.54, 1.807) is 6.07 Å². The predicted octanol–water partition coefficient (Wildman–Crippen LogP) is 16.8. The molecule has 6 aromatic carbocycles. The van der Waals surface area contributed by atoms with Gasteiger partial charge in [0.15, 0.2) is 0 Å². The van der Waals surface area contributed by atoms with Crippen LogP contribution in [0.4, 0.5) is 11.4 Å². The fraction of sp³-hybridized carbons (Fsp3) is 0.219. The number of benzene rings is 6. The number of fused-ring (bicyclic) bond motifs is 3. The zero-order valence-corrected chi connectivity index (χ0v) is 40.8. The molecule has 1 aliphatic carbocycles. The number of hydrogen-bond acceptors (Lipinski definition) is 4. The molecular weight excluding hydrogens is 827 g/mol. The van der Waals surface area contributed by atoms with Crippen LogP contribution in [0.15, 0.2) is 188 Å². The van der Waals surface area contributed by atoms with Gasteiger partial charge in [0.2, 0.25) is 0 Å². The first kappa shape index (κ1) is 44.5. The molecule has 0 radical (unpaired) electrons. The number of anilines is 2. The summed E-state index contributed by atoms with van der Waals surface area (Å²) in [6.45, 7) is 20.5. The van der Waals surface area contributed by atoms with E-state index in [0.29, 0.717) is 11.3 Å². The fourth-order valence-corrected chi connectivity index (χ4v) is 9.85. The number of nitrogens with zero attached hydrogens (tertiary/aromatic N) is 3. The van der Waals surface area contributed by atoms with E-state index in [4.69, 9.17) is 9.97 Å². The Bertz CT molecular complexity index is 3230. The summed E-state index contributed by atoms with van der Waals surface area (Å²) in [6.07, 6.45) is 11.0. The van der Waals surface area contributed by atoms with Crippen molar-refractivity contribution < 1.29 is 5.11 Å². The van der Waals surface area contributed by atoms with E-state index in [1.165, 1.54) is 39.2 Å². The third-order valence-corrected chi connectivity index (χ3v) is 13.8. The van der Waals surface area contributed by atoms with Crippen LogP contribution in [0.2, 0.25) is 0 Å². The zero-order valence-electron chi connectivity index (χ0n) is 40.8. The van der Waals surface area contributed by atoms with Crippen molar-refractivity contribution in [1.29, 1.82) is 0 Å². The third-order valence-electron chi connectivity index (χ3n) is 13.8. The molecule has 0 fully saturated rings. The summed E-state index contributed by atoms with van der Waals surface area (Å²) in [5.74, 6) is 0.447. The Balaban J connectivity index is 1.18. The Kier molecular flexibility index (Phi) is 11.2. The van der Waals surface area contributed by atoms with Crippen molar-refractivity contribution in [3.05, 3.63) is 210 Å². The summed E-state index contributed by atoms with van der Waals surface area (Å²) < 4.78 is 0. The van der Waals surface area contributed by atoms with Crippen molar-refractivity contribution in [3.8, 4) is 72.9 Å². The van der Waals surface area contributed by atoms with Crippen molar-refractivity contribution in [2.45, 2.75) is 90.5 Å². The SMILES string of the molecule is CC(C)(C)c1cccc(-c2cc(-c3cc(-c4cccc5c4N(c4ccccc4)C4C=CC=CC54)ccn3)cc(-c3cc(-c4cc(C(C)(C)C)cc(C(C)(C)C)c4)cc(-c4ccccc4O)n3)c2)c1. The predicted molar refractivity (Wildman–Crippen MR) is 286 cm³/mol. The van der Waals surface area contributed by atoms with Crippen LogP contribution in [0.3, 0.4) is 0 Å². The third kappa shape index (κ3) is 8.61. The Morgan fingerprint density at radius 1 is 0.441 bits per heavy atom. The Morgan fingerprint density at radius 2 is 1.01 bits per heavy atom. The van der Waals surface area contributed by atoms with Gasteiger partial charge in [0.1, 0.15) is 5.75 Å². The highest BCUT2D eigenvalue weighted by atomic mass is 16.3. The van der Waals surface area contributed by atoms with Crippen LogP contribution < -0.4 is 4.90 Å². The van der Waals surface area contributed by atoms with Crippen LogP contribution in [-0.4, -0.2) is 21.1 Å². The van der Waals surface area contributed by atoms with Crippen molar-refractivity contribution in [3.63, 3.8) is 0 Å². The quantitative estimate of drug-likeness (QED) is 0.173. The highest BCUT2D eigenvalue weighted by Crippen LogP contribution is 2.52. The minimum absolute atomic E-state index is 0.0328.